The number of para-hydroxylation sites is 1. The van der Waals surface area contributed by atoms with Crippen molar-refractivity contribution in [2.45, 2.75) is 30.8 Å². The summed E-state index contributed by atoms with van der Waals surface area (Å²) in [5, 5.41) is 10.9. The number of carbonyl (C=O) groups is 1. The summed E-state index contributed by atoms with van der Waals surface area (Å²) in [6.07, 6.45) is 0. The Labute approximate surface area is 204 Å². The number of benzene rings is 2. The van der Waals surface area contributed by atoms with E-state index in [-0.39, 0.29) is 34.5 Å². The second-order valence-corrected chi connectivity index (χ2v) is 9.44. The van der Waals surface area contributed by atoms with Crippen LogP contribution in [0.2, 0.25) is 0 Å². The molecule has 34 heavy (non-hydrogen) atoms. The topological polar surface area (TPSA) is 111 Å². The number of nitrogens with two attached hydrogens (primary N) is 1. The lowest BCUT2D eigenvalue weighted by atomic mass is 10.1. The molecular weight excluding hydrogens is 468 g/mol. The molecule has 0 bridgehead atoms. The Morgan fingerprint density at radius 3 is 2.65 bits per heavy atom. The van der Waals surface area contributed by atoms with E-state index in [9.17, 15) is 14.9 Å². The summed E-state index contributed by atoms with van der Waals surface area (Å²) in [6.45, 7) is 3.88. The molecule has 0 aliphatic heterocycles. The highest BCUT2D eigenvalue weighted by Crippen LogP contribution is 2.36. The van der Waals surface area contributed by atoms with Crippen molar-refractivity contribution in [3.8, 4) is 6.07 Å². The number of aromatic nitrogens is 2. The van der Waals surface area contributed by atoms with Gasteiger partial charge < -0.3 is 10.5 Å². The summed E-state index contributed by atoms with van der Waals surface area (Å²) in [5.74, 6) is -0.283. The molecule has 172 valence electrons. The quantitative estimate of drug-likeness (QED) is 0.221. The van der Waals surface area contributed by atoms with Gasteiger partial charge in [0.25, 0.3) is 5.56 Å². The molecule has 1 atom stereocenters. The van der Waals surface area contributed by atoms with Crippen LogP contribution < -0.4 is 11.3 Å². The molecule has 0 amide bonds. The number of anilines is 1. The first-order chi connectivity index (χ1) is 16.5. The van der Waals surface area contributed by atoms with Crippen LogP contribution in [-0.4, -0.2) is 22.1 Å². The Bertz CT molecular complexity index is 1460. The van der Waals surface area contributed by atoms with Gasteiger partial charge in [-0.15, -0.1) is 11.3 Å². The summed E-state index contributed by atoms with van der Waals surface area (Å²) in [7, 11) is 0. The molecule has 0 fully saturated rings. The number of thioether (sulfide) groups is 1. The summed E-state index contributed by atoms with van der Waals surface area (Å²) in [5.41, 5.74) is 8.17. The third kappa shape index (κ3) is 4.42. The summed E-state index contributed by atoms with van der Waals surface area (Å²) < 4.78 is 6.82. The third-order valence-electron chi connectivity index (χ3n) is 5.40. The molecular formula is C25H22N4O3S2. The summed E-state index contributed by atoms with van der Waals surface area (Å²) in [4.78, 5) is 31.1. The van der Waals surface area contributed by atoms with Crippen molar-refractivity contribution in [3.63, 3.8) is 0 Å². The maximum atomic E-state index is 13.5. The van der Waals surface area contributed by atoms with Crippen LogP contribution in [0.5, 0.6) is 0 Å². The number of nitriles is 1. The van der Waals surface area contributed by atoms with Crippen LogP contribution in [0.15, 0.2) is 64.5 Å². The zero-order chi connectivity index (χ0) is 24.2. The van der Waals surface area contributed by atoms with Crippen molar-refractivity contribution < 1.29 is 9.53 Å². The van der Waals surface area contributed by atoms with E-state index in [1.54, 1.807) is 23.6 Å². The number of esters is 1. The lowest BCUT2D eigenvalue weighted by Crippen LogP contribution is -2.27. The fourth-order valence-electron chi connectivity index (χ4n) is 3.69. The highest BCUT2D eigenvalue weighted by Gasteiger charge is 2.24. The number of hydrogen-bond donors (Lipinski definition) is 1. The first kappa shape index (κ1) is 23.5. The van der Waals surface area contributed by atoms with Gasteiger partial charge in [-0.05, 0) is 31.5 Å². The van der Waals surface area contributed by atoms with Crippen LogP contribution in [0.4, 0.5) is 5.00 Å². The van der Waals surface area contributed by atoms with E-state index in [2.05, 4.69) is 6.07 Å². The zero-order valence-electron chi connectivity index (χ0n) is 18.6. The van der Waals surface area contributed by atoms with E-state index in [0.29, 0.717) is 26.5 Å². The highest BCUT2D eigenvalue weighted by atomic mass is 32.2. The van der Waals surface area contributed by atoms with Gasteiger partial charge in [0.1, 0.15) is 15.9 Å². The Balaban J connectivity index is 1.81. The van der Waals surface area contributed by atoms with Crippen LogP contribution in [0.3, 0.4) is 0 Å². The molecule has 1 unspecified atom stereocenters. The van der Waals surface area contributed by atoms with Gasteiger partial charge in [0.15, 0.2) is 5.16 Å². The van der Waals surface area contributed by atoms with Gasteiger partial charge in [-0.2, -0.15) is 5.26 Å². The van der Waals surface area contributed by atoms with E-state index in [4.69, 9.17) is 15.5 Å². The monoisotopic (exact) mass is 490 g/mol. The molecule has 0 aliphatic carbocycles. The average Bonchev–Trinajstić information content (AvgIpc) is 3.18. The molecule has 0 radical (unpaired) electrons. The minimum absolute atomic E-state index is 0.152. The number of fused-ring (bicyclic) bond motifs is 1. The number of ether oxygens (including phenoxy) is 1. The number of thiophene rings is 1. The Morgan fingerprint density at radius 2 is 1.94 bits per heavy atom. The van der Waals surface area contributed by atoms with Crippen molar-refractivity contribution in [2.75, 3.05) is 12.3 Å². The molecule has 0 spiro atoms. The van der Waals surface area contributed by atoms with E-state index in [1.165, 1.54) is 11.8 Å². The number of rotatable bonds is 7. The van der Waals surface area contributed by atoms with E-state index in [0.717, 1.165) is 16.9 Å². The number of nitrogens with zero attached hydrogens (tertiary/aromatic N) is 3. The molecule has 2 aromatic heterocycles. The molecule has 0 saturated carbocycles. The predicted octanol–water partition coefficient (Wildman–Crippen LogP) is 4.99. The number of nitrogen functional groups attached to an aromatic ring is 1. The van der Waals surface area contributed by atoms with E-state index in [1.807, 2.05) is 49.4 Å². The van der Waals surface area contributed by atoms with Crippen molar-refractivity contribution in [3.05, 3.63) is 86.5 Å². The fourth-order valence-corrected chi connectivity index (χ4v) is 5.82. The maximum absolute atomic E-state index is 13.5. The molecule has 9 heteroatoms. The van der Waals surface area contributed by atoms with Gasteiger partial charge in [-0.3, -0.25) is 9.36 Å². The van der Waals surface area contributed by atoms with Crippen LogP contribution in [0.25, 0.3) is 10.9 Å². The molecule has 2 N–H and O–H groups in total. The standard InChI is InChI=1S/C25H22N4O3S2/c1-3-32-24(31)21-19(18(13-26)22(27)34-21)14-33-25-28-20-12-8-7-11-17(20)23(30)29(25)15(2)16-9-5-4-6-10-16/h4-12,15H,3,14,27H2,1-2H3. The van der Waals surface area contributed by atoms with E-state index >= 15 is 0 Å². The minimum atomic E-state index is -0.516. The fraction of sp³-hybridized carbons (Fsp3) is 0.200. The lowest BCUT2D eigenvalue weighted by Gasteiger charge is -2.20. The van der Waals surface area contributed by atoms with Crippen molar-refractivity contribution in [1.82, 2.24) is 9.55 Å². The Morgan fingerprint density at radius 1 is 1.24 bits per heavy atom. The number of hydrogen-bond acceptors (Lipinski definition) is 8. The molecule has 4 aromatic rings. The third-order valence-corrected chi connectivity index (χ3v) is 7.42. The molecule has 0 aliphatic rings. The van der Waals surface area contributed by atoms with Gasteiger partial charge in [0, 0.05) is 11.3 Å². The molecule has 4 rings (SSSR count). The van der Waals surface area contributed by atoms with Gasteiger partial charge in [-0.25, -0.2) is 9.78 Å². The zero-order valence-corrected chi connectivity index (χ0v) is 20.3. The number of carbonyl (C=O) groups excluding carboxylic acids is 1. The van der Waals surface area contributed by atoms with Crippen LogP contribution in [0, 0.1) is 11.3 Å². The van der Waals surface area contributed by atoms with Gasteiger partial charge in [-0.1, -0.05) is 54.2 Å². The normalized spacial score (nSPS) is 11.8. The lowest BCUT2D eigenvalue weighted by molar-refractivity contribution is 0.0531. The summed E-state index contributed by atoms with van der Waals surface area (Å²) >= 11 is 2.33. The first-order valence-electron chi connectivity index (χ1n) is 10.6. The largest absolute Gasteiger partial charge is 0.462 e. The second-order valence-electron chi connectivity index (χ2n) is 7.44. The van der Waals surface area contributed by atoms with Gasteiger partial charge in [0.2, 0.25) is 0 Å². The van der Waals surface area contributed by atoms with E-state index < -0.39 is 5.97 Å². The highest BCUT2D eigenvalue weighted by molar-refractivity contribution is 7.98. The average molecular weight is 491 g/mol. The Kier molecular flexibility index (Phi) is 7.01. The predicted molar refractivity (Wildman–Crippen MR) is 135 cm³/mol. The summed E-state index contributed by atoms with van der Waals surface area (Å²) in [6, 6.07) is 18.7. The SMILES string of the molecule is CCOC(=O)c1sc(N)c(C#N)c1CSc1nc2ccccc2c(=O)n1C(C)c1ccccc1. The molecule has 2 aromatic carbocycles. The van der Waals surface area contributed by atoms with Crippen molar-refractivity contribution in [2.24, 2.45) is 0 Å². The Hall–Kier alpha value is -3.61. The van der Waals surface area contributed by atoms with Crippen molar-refractivity contribution >= 4 is 45.0 Å². The van der Waals surface area contributed by atoms with Crippen molar-refractivity contribution in [1.29, 1.82) is 5.26 Å². The maximum Gasteiger partial charge on any atom is 0.348 e. The minimum Gasteiger partial charge on any atom is -0.462 e. The van der Waals surface area contributed by atoms with Crippen LogP contribution >= 0.6 is 23.1 Å². The van der Waals surface area contributed by atoms with Crippen LogP contribution in [-0.2, 0) is 10.5 Å². The molecule has 0 saturated heterocycles. The molecule has 2 heterocycles. The first-order valence-corrected chi connectivity index (χ1v) is 12.4. The smallest absolute Gasteiger partial charge is 0.348 e. The van der Waals surface area contributed by atoms with Gasteiger partial charge in [0.05, 0.1) is 29.1 Å². The molecule has 7 nitrogen and oxygen atoms in total. The van der Waals surface area contributed by atoms with Crippen LogP contribution in [0.1, 0.15) is 46.3 Å². The van der Waals surface area contributed by atoms with Gasteiger partial charge >= 0.3 is 5.97 Å². The second kappa shape index (κ2) is 10.1.